The van der Waals surface area contributed by atoms with Crippen LogP contribution in [0.25, 0.3) is 11.1 Å². The number of hydrogen-bond acceptors (Lipinski definition) is 3. The second kappa shape index (κ2) is 7.63. The molecule has 25 heavy (non-hydrogen) atoms. The molecule has 128 valence electrons. The van der Waals surface area contributed by atoms with Crippen molar-refractivity contribution in [1.82, 2.24) is 10.6 Å². The molecule has 2 rings (SSSR count). The van der Waals surface area contributed by atoms with E-state index in [0.717, 1.165) is 0 Å². The molecular formula is C20H21N3O2. The lowest BCUT2D eigenvalue weighted by Gasteiger charge is -2.23. The van der Waals surface area contributed by atoms with E-state index in [1.54, 1.807) is 45.2 Å². The number of benzene rings is 2. The Bertz CT molecular complexity index is 835. The molecule has 0 atom stereocenters. The van der Waals surface area contributed by atoms with Gasteiger partial charge >= 0.3 is 0 Å². The molecule has 0 heterocycles. The summed E-state index contributed by atoms with van der Waals surface area (Å²) in [6.45, 7) is 3.74. The molecular weight excluding hydrogens is 314 g/mol. The van der Waals surface area contributed by atoms with Gasteiger partial charge in [-0.25, -0.2) is 0 Å². The Kier molecular flexibility index (Phi) is 5.56. The van der Waals surface area contributed by atoms with E-state index in [1.165, 1.54) is 0 Å². The topological polar surface area (TPSA) is 82.0 Å². The van der Waals surface area contributed by atoms with Crippen molar-refractivity contribution in [1.29, 1.82) is 5.26 Å². The molecule has 0 unspecified atom stereocenters. The highest BCUT2D eigenvalue weighted by molar-refractivity contribution is 6.01. The van der Waals surface area contributed by atoms with Gasteiger partial charge in [-0.3, -0.25) is 9.59 Å². The van der Waals surface area contributed by atoms with Crippen molar-refractivity contribution in [3.8, 4) is 17.2 Å². The Balaban J connectivity index is 2.31. The summed E-state index contributed by atoms with van der Waals surface area (Å²) in [6.07, 6.45) is 0. The molecule has 0 fully saturated rings. The summed E-state index contributed by atoms with van der Waals surface area (Å²) in [7, 11) is 1.57. The van der Waals surface area contributed by atoms with Crippen LogP contribution < -0.4 is 10.6 Å². The number of hydrogen-bond donors (Lipinski definition) is 2. The molecule has 2 aromatic carbocycles. The number of carbonyl (C=O) groups is 2. The van der Waals surface area contributed by atoms with E-state index >= 15 is 0 Å². The van der Waals surface area contributed by atoms with Crippen molar-refractivity contribution in [2.24, 2.45) is 5.41 Å². The predicted molar refractivity (Wildman–Crippen MR) is 96.8 cm³/mol. The van der Waals surface area contributed by atoms with E-state index in [0.29, 0.717) is 22.3 Å². The highest BCUT2D eigenvalue weighted by atomic mass is 16.2. The van der Waals surface area contributed by atoms with Crippen molar-refractivity contribution in [2.75, 3.05) is 13.6 Å². The molecule has 0 bridgehead atoms. The first kappa shape index (κ1) is 18.2. The van der Waals surface area contributed by atoms with Crippen LogP contribution in [0.4, 0.5) is 0 Å². The van der Waals surface area contributed by atoms with Gasteiger partial charge in [-0.15, -0.1) is 0 Å². The van der Waals surface area contributed by atoms with Crippen LogP contribution in [0.15, 0.2) is 48.5 Å². The third-order valence-corrected chi connectivity index (χ3v) is 4.04. The fourth-order valence-electron chi connectivity index (χ4n) is 2.55. The van der Waals surface area contributed by atoms with Crippen LogP contribution in [0.3, 0.4) is 0 Å². The number of rotatable bonds is 5. The number of carbonyl (C=O) groups excluding carboxylic acids is 2. The standard InChI is InChI=1S/C20H21N3O2/c1-20(2,19(25)22-3)13-23-18(24)17-11-7-6-10-16(17)15-9-5-4-8-14(15)12-21/h4-11H,13H2,1-3H3,(H,22,25)(H,23,24). The highest BCUT2D eigenvalue weighted by Gasteiger charge is 2.27. The van der Waals surface area contributed by atoms with Crippen molar-refractivity contribution in [2.45, 2.75) is 13.8 Å². The van der Waals surface area contributed by atoms with Gasteiger partial charge < -0.3 is 10.6 Å². The summed E-state index contributed by atoms with van der Waals surface area (Å²) in [6, 6.07) is 16.4. The summed E-state index contributed by atoms with van der Waals surface area (Å²) < 4.78 is 0. The van der Waals surface area contributed by atoms with Crippen molar-refractivity contribution in [3.63, 3.8) is 0 Å². The second-order valence-corrected chi connectivity index (χ2v) is 6.35. The summed E-state index contributed by atoms with van der Waals surface area (Å²) in [5.74, 6) is -0.420. The Morgan fingerprint density at radius 3 is 2.28 bits per heavy atom. The van der Waals surface area contributed by atoms with E-state index in [1.807, 2.05) is 24.3 Å². The van der Waals surface area contributed by atoms with Gasteiger partial charge in [-0.1, -0.05) is 36.4 Å². The van der Waals surface area contributed by atoms with Crippen LogP contribution >= 0.6 is 0 Å². The van der Waals surface area contributed by atoms with E-state index in [4.69, 9.17) is 0 Å². The molecule has 0 aliphatic heterocycles. The molecule has 0 saturated carbocycles. The van der Waals surface area contributed by atoms with Crippen LogP contribution in [-0.2, 0) is 4.79 Å². The molecule has 2 aromatic rings. The minimum atomic E-state index is -0.718. The average Bonchev–Trinajstić information content (AvgIpc) is 2.65. The Labute approximate surface area is 147 Å². The molecule has 5 heteroatoms. The fourth-order valence-corrected chi connectivity index (χ4v) is 2.55. The van der Waals surface area contributed by atoms with E-state index < -0.39 is 5.41 Å². The number of nitriles is 1. The smallest absolute Gasteiger partial charge is 0.251 e. The van der Waals surface area contributed by atoms with Crippen molar-refractivity contribution in [3.05, 3.63) is 59.7 Å². The maximum atomic E-state index is 12.7. The molecule has 0 saturated heterocycles. The van der Waals surface area contributed by atoms with Crippen molar-refractivity contribution < 1.29 is 9.59 Å². The van der Waals surface area contributed by atoms with Gasteiger partial charge in [0.1, 0.15) is 0 Å². The highest BCUT2D eigenvalue weighted by Crippen LogP contribution is 2.27. The zero-order valence-corrected chi connectivity index (χ0v) is 14.6. The largest absolute Gasteiger partial charge is 0.359 e. The van der Waals surface area contributed by atoms with Crippen LogP contribution in [0.5, 0.6) is 0 Å². The number of amides is 2. The monoisotopic (exact) mass is 335 g/mol. The third-order valence-electron chi connectivity index (χ3n) is 4.04. The summed E-state index contributed by atoms with van der Waals surface area (Å²) in [5, 5.41) is 14.7. The summed E-state index contributed by atoms with van der Waals surface area (Å²) in [5.41, 5.74) is 1.66. The molecule has 2 N–H and O–H groups in total. The first-order valence-electron chi connectivity index (χ1n) is 7.99. The van der Waals surface area contributed by atoms with Crippen LogP contribution in [0, 0.1) is 16.7 Å². The van der Waals surface area contributed by atoms with E-state index in [-0.39, 0.29) is 18.4 Å². The Hall–Kier alpha value is -3.13. The lowest BCUT2D eigenvalue weighted by Crippen LogP contribution is -2.43. The number of nitrogens with one attached hydrogen (secondary N) is 2. The van der Waals surface area contributed by atoms with Gasteiger partial charge in [-0.2, -0.15) is 5.26 Å². The van der Waals surface area contributed by atoms with Gasteiger partial charge in [0.2, 0.25) is 5.91 Å². The SMILES string of the molecule is CNC(=O)C(C)(C)CNC(=O)c1ccccc1-c1ccccc1C#N. The summed E-state index contributed by atoms with van der Waals surface area (Å²) >= 11 is 0. The minimum absolute atomic E-state index is 0.143. The molecule has 0 aliphatic carbocycles. The average molecular weight is 335 g/mol. The van der Waals surface area contributed by atoms with Gasteiger partial charge in [0.15, 0.2) is 0 Å². The second-order valence-electron chi connectivity index (χ2n) is 6.35. The normalized spacial score (nSPS) is 10.6. The van der Waals surface area contributed by atoms with Gasteiger partial charge in [-0.05, 0) is 31.5 Å². The molecule has 0 radical (unpaired) electrons. The lowest BCUT2D eigenvalue weighted by molar-refractivity contribution is -0.128. The van der Waals surface area contributed by atoms with Gasteiger partial charge in [0, 0.05) is 24.7 Å². The zero-order valence-electron chi connectivity index (χ0n) is 14.6. The van der Waals surface area contributed by atoms with Crippen LogP contribution in [0.2, 0.25) is 0 Å². The van der Waals surface area contributed by atoms with E-state index in [2.05, 4.69) is 16.7 Å². The van der Waals surface area contributed by atoms with Crippen LogP contribution in [-0.4, -0.2) is 25.4 Å². The molecule has 0 spiro atoms. The van der Waals surface area contributed by atoms with Crippen LogP contribution in [0.1, 0.15) is 29.8 Å². The maximum Gasteiger partial charge on any atom is 0.251 e. The molecule has 0 aromatic heterocycles. The minimum Gasteiger partial charge on any atom is -0.359 e. The molecule has 0 aliphatic rings. The Morgan fingerprint density at radius 1 is 1.04 bits per heavy atom. The first-order valence-corrected chi connectivity index (χ1v) is 7.99. The predicted octanol–water partition coefficient (Wildman–Crippen LogP) is 2.73. The quantitative estimate of drug-likeness (QED) is 0.881. The maximum absolute atomic E-state index is 12.7. The molecule has 5 nitrogen and oxygen atoms in total. The van der Waals surface area contributed by atoms with Gasteiger partial charge in [0.05, 0.1) is 17.0 Å². The number of nitrogens with zero attached hydrogens (tertiary/aromatic N) is 1. The summed E-state index contributed by atoms with van der Waals surface area (Å²) in [4.78, 5) is 24.5. The van der Waals surface area contributed by atoms with Gasteiger partial charge in [0.25, 0.3) is 5.91 Å². The first-order chi connectivity index (χ1) is 11.9. The molecule has 2 amide bonds. The Morgan fingerprint density at radius 2 is 1.64 bits per heavy atom. The fraction of sp³-hybridized carbons (Fsp3) is 0.250. The third kappa shape index (κ3) is 4.04. The van der Waals surface area contributed by atoms with E-state index in [9.17, 15) is 14.9 Å². The van der Waals surface area contributed by atoms with Crippen molar-refractivity contribution >= 4 is 11.8 Å². The lowest BCUT2D eigenvalue weighted by atomic mass is 9.91. The zero-order chi connectivity index (χ0) is 18.4.